The highest BCUT2D eigenvalue weighted by Gasteiger charge is 2.41. The number of carbonyl (C=O) groups is 2. The van der Waals surface area contributed by atoms with Crippen molar-refractivity contribution >= 4 is 34.8 Å². The Labute approximate surface area is 242 Å². The standard InChI is InChI=1S/C31H32ClF3N4O2/c1-38(30(41)27-7-2-3-8-28(27)36-23-6-4-5-21(15-23)31(33,34)35)19-29(40)37-24-16-25-13-14-26(17-24)39(25)18-20-9-11-22(32)12-10-20/h2-12,15,24-26,36H,13-14,16-19H2,1H3,(H,37,40)/t24?,25-,26+. The number of fused-ring (bicyclic) bond motifs is 2. The molecular formula is C31H32ClF3N4O2. The molecule has 6 nitrogen and oxygen atoms in total. The van der Waals surface area contributed by atoms with Gasteiger partial charge in [0.15, 0.2) is 0 Å². The normalized spacial score (nSPS) is 20.5. The molecule has 2 bridgehead atoms. The predicted octanol–water partition coefficient (Wildman–Crippen LogP) is 6.49. The average molecular weight is 585 g/mol. The van der Waals surface area contributed by atoms with Crippen LogP contribution in [0.2, 0.25) is 5.02 Å². The molecule has 0 aromatic heterocycles. The molecule has 2 N–H and O–H groups in total. The Balaban J connectivity index is 1.17. The Morgan fingerprint density at radius 2 is 1.66 bits per heavy atom. The van der Waals surface area contributed by atoms with Crippen molar-refractivity contribution in [3.8, 4) is 0 Å². The SMILES string of the molecule is CN(CC(=O)NC1C[C@H]2CC[C@@H](C1)N2Cc1ccc(Cl)cc1)C(=O)c1ccccc1Nc1cccc(C(F)(F)F)c1. The molecule has 3 atom stereocenters. The maximum Gasteiger partial charge on any atom is 0.416 e. The zero-order valence-electron chi connectivity index (χ0n) is 22.6. The summed E-state index contributed by atoms with van der Waals surface area (Å²) in [6.07, 6.45) is -0.570. The van der Waals surface area contributed by atoms with Crippen LogP contribution in [0.15, 0.2) is 72.8 Å². The van der Waals surface area contributed by atoms with Crippen molar-refractivity contribution in [3.63, 3.8) is 0 Å². The van der Waals surface area contributed by atoms with Crippen LogP contribution in [-0.2, 0) is 17.5 Å². The maximum absolute atomic E-state index is 13.3. The van der Waals surface area contributed by atoms with Gasteiger partial charge in [-0.3, -0.25) is 14.5 Å². The minimum absolute atomic E-state index is 0.0415. The molecule has 2 saturated heterocycles. The first-order valence-electron chi connectivity index (χ1n) is 13.6. The minimum atomic E-state index is -4.48. The Morgan fingerprint density at radius 1 is 0.976 bits per heavy atom. The fourth-order valence-corrected chi connectivity index (χ4v) is 6.05. The van der Waals surface area contributed by atoms with Gasteiger partial charge in [0.25, 0.3) is 5.91 Å². The van der Waals surface area contributed by atoms with Crippen molar-refractivity contribution < 1.29 is 22.8 Å². The van der Waals surface area contributed by atoms with Crippen LogP contribution < -0.4 is 10.6 Å². The molecule has 3 aromatic rings. The van der Waals surface area contributed by atoms with Crippen molar-refractivity contribution in [2.24, 2.45) is 0 Å². The number of amides is 2. The minimum Gasteiger partial charge on any atom is -0.355 e. The van der Waals surface area contributed by atoms with Gasteiger partial charge in [0.05, 0.1) is 23.4 Å². The molecule has 2 aliphatic rings. The van der Waals surface area contributed by atoms with E-state index < -0.39 is 17.6 Å². The Hall–Kier alpha value is -3.56. The van der Waals surface area contributed by atoms with E-state index in [2.05, 4.69) is 27.7 Å². The number of hydrogen-bond acceptors (Lipinski definition) is 4. The second-order valence-corrected chi connectivity index (χ2v) is 11.3. The number of carbonyl (C=O) groups excluding carboxylic acids is 2. The van der Waals surface area contributed by atoms with Gasteiger partial charge >= 0.3 is 6.18 Å². The highest BCUT2D eigenvalue weighted by molar-refractivity contribution is 6.30. The van der Waals surface area contributed by atoms with E-state index in [9.17, 15) is 22.8 Å². The van der Waals surface area contributed by atoms with Gasteiger partial charge in [0, 0.05) is 42.4 Å². The number of nitrogens with zero attached hydrogens (tertiary/aromatic N) is 2. The summed E-state index contributed by atoms with van der Waals surface area (Å²) >= 11 is 6.03. The molecule has 41 heavy (non-hydrogen) atoms. The molecule has 2 heterocycles. The summed E-state index contributed by atoms with van der Waals surface area (Å²) in [4.78, 5) is 30.1. The van der Waals surface area contributed by atoms with Crippen LogP contribution in [-0.4, -0.2) is 53.3 Å². The number of halogens is 4. The quantitative estimate of drug-likeness (QED) is 0.318. The summed E-state index contributed by atoms with van der Waals surface area (Å²) in [6.45, 7) is 0.732. The Bertz CT molecular complexity index is 1380. The van der Waals surface area contributed by atoms with Crippen LogP contribution >= 0.6 is 11.6 Å². The number of rotatable bonds is 8. The van der Waals surface area contributed by atoms with Crippen molar-refractivity contribution in [2.45, 2.75) is 56.5 Å². The fourth-order valence-electron chi connectivity index (χ4n) is 5.92. The van der Waals surface area contributed by atoms with Gasteiger partial charge in [-0.05, 0) is 73.7 Å². The number of hydrogen-bond donors (Lipinski definition) is 2. The van der Waals surface area contributed by atoms with Crippen molar-refractivity contribution in [2.75, 3.05) is 18.9 Å². The third-order valence-corrected chi connectivity index (χ3v) is 8.13. The number of nitrogens with one attached hydrogen (secondary N) is 2. The second kappa shape index (κ2) is 12.1. The molecule has 0 radical (unpaired) electrons. The first-order valence-corrected chi connectivity index (χ1v) is 14.0. The molecule has 0 spiro atoms. The number of para-hydroxylation sites is 1. The summed E-state index contributed by atoms with van der Waals surface area (Å²) in [5, 5.41) is 6.77. The lowest BCUT2D eigenvalue weighted by Crippen LogP contribution is -2.51. The molecule has 0 saturated carbocycles. The smallest absolute Gasteiger partial charge is 0.355 e. The first-order chi connectivity index (χ1) is 19.6. The summed E-state index contributed by atoms with van der Waals surface area (Å²) in [5.41, 5.74) is 1.25. The number of piperidine rings is 1. The van der Waals surface area contributed by atoms with Crippen LogP contribution in [0.4, 0.5) is 24.5 Å². The van der Waals surface area contributed by atoms with Gasteiger partial charge in [0.1, 0.15) is 0 Å². The van der Waals surface area contributed by atoms with Crippen LogP contribution in [0.25, 0.3) is 0 Å². The molecule has 2 amide bonds. The topological polar surface area (TPSA) is 64.7 Å². The lowest BCUT2D eigenvalue weighted by Gasteiger charge is -2.39. The fraction of sp³-hybridized carbons (Fsp3) is 0.355. The Kier molecular flexibility index (Phi) is 8.56. The number of anilines is 2. The average Bonchev–Trinajstić information content (AvgIpc) is 3.16. The number of benzene rings is 3. The van der Waals surface area contributed by atoms with Gasteiger partial charge < -0.3 is 15.5 Å². The second-order valence-electron chi connectivity index (χ2n) is 10.8. The molecule has 2 aliphatic heterocycles. The van der Waals surface area contributed by atoms with Crippen LogP contribution in [0.3, 0.4) is 0 Å². The van der Waals surface area contributed by atoms with Gasteiger partial charge in [-0.2, -0.15) is 13.2 Å². The van der Waals surface area contributed by atoms with E-state index in [0.29, 0.717) is 17.8 Å². The number of likely N-dealkylation sites (N-methyl/N-ethyl adjacent to an activating group) is 1. The van der Waals surface area contributed by atoms with E-state index >= 15 is 0 Å². The molecule has 1 unspecified atom stereocenters. The third-order valence-electron chi connectivity index (χ3n) is 7.88. The number of alkyl halides is 3. The Morgan fingerprint density at radius 3 is 2.34 bits per heavy atom. The lowest BCUT2D eigenvalue weighted by atomic mass is 9.96. The molecular weight excluding hydrogens is 553 g/mol. The first kappa shape index (κ1) is 29.0. The maximum atomic E-state index is 13.3. The summed E-state index contributed by atoms with van der Waals surface area (Å²) in [5.74, 6) is -0.646. The van der Waals surface area contributed by atoms with E-state index in [4.69, 9.17) is 11.6 Å². The van der Waals surface area contributed by atoms with Crippen molar-refractivity contribution in [1.82, 2.24) is 15.1 Å². The molecule has 216 valence electrons. The largest absolute Gasteiger partial charge is 0.416 e. The van der Waals surface area contributed by atoms with Gasteiger partial charge in [-0.15, -0.1) is 0 Å². The van der Waals surface area contributed by atoms with Gasteiger partial charge in [-0.1, -0.05) is 41.9 Å². The summed E-state index contributed by atoms with van der Waals surface area (Å²) in [6, 6.07) is 20.1. The predicted molar refractivity (Wildman–Crippen MR) is 153 cm³/mol. The zero-order chi connectivity index (χ0) is 29.1. The van der Waals surface area contributed by atoms with Crippen LogP contribution in [0, 0.1) is 0 Å². The van der Waals surface area contributed by atoms with Crippen molar-refractivity contribution in [1.29, 1.82) is 0 Å². The summed E-state index contributed by atoms with van der Waals surface area (Å²) in [7, 11) is 1.54. The summed E-state index contributed by atoms with van der Waals surface area (Å²) < 4.78 is 39.4. The highest BCUT2D eigenvalue weighted by atomic mass is 35.5. The van der Waals surface area contributed by atoms with E-state index in [0.717, 1.165) is 49.4 Å². The van der Waals surface area contributed by atoms with E-state index in [1.165, 1.54) is 22.6 Å². The molecule has 5 rings (SSSR count). The van der Waals surface area contributed by atoms with Crippen molar-refractivity contribution in [3.05, 3.63) is 94.5 Å². The molecule has 2 fully saturated rings. The molecule has 0 aliphatic carbocycles. The molecule has 10 heteroatoms. The molecule has 3 aromatic carbocycles. The highest BCUT2D eigenvalue weighted by Crippen LogP contribution is 2.37. The van der Waals surface area contributed by atoms with Crippen LogP contribution in [0.5, 0.6) is 0 Å². The lowest BCUT2D eigenvalue weighted by molar-refractivity contribution is -0.137. The van der Waals surface area contributed by atoms with Gasteiger partial charge in [0.2, 0.25) is 5.91 Å². The van der Waals surface area contributed by atoms with Crippen LogP contribution in [0.1, 0.15) is 47.2 Å². The zero-order valence-corrected chi connectivity index (χ0v) is 23.4. The van der Waals surface area contributed by atoms with Gasteiger partial charge in [-0.25, -0.2) is 0 Å². The van der Waals surface area contributed by atoms with E-state index in [-0.39, 0.29) is 29.7 Å². The third kappa shape index (κ3) is 7.02. The monoisotopic (exact) mass is 584 g/mol. The van der Waals surface area contributed by atoms with E-state index in [1.807, 2.05) is 12.1 Å². The van der Waals surface area contributed by atoms with E-state index in [1.54, 1.807) is 31.3 Å².